The first-order chi connectivity index (χ1) is 10.3. The number of aryl methyl sites for hydroxylation is 1. The highest BCUT2D eigenvalue weighted by atomic mass is 16.1. The van der Waals surface area contributed by atoms with Gasteiger partial charge in [-0.1, -0.05) is 25.1 Å². The van der Waals surface area contributed by atoms with E-state index in [0.717, 1.165) is 23.1 Å². The Morgan fingerprint density at radius 1 is 1.14 bits per heavy atom. The fraction of sp³-hybridized carbons (Fsp3) is 0.235. The molecule has 0 atom stereocenters. The molecule has 0 saturated heterocycles. The fourth-order valence-corrected chi connectivity index (χ4v) is 2.35. The number of carbonyl (C=O) groups is 1. The van der Waals surface area contributed by atoms with Crippen LogP contribution in [0.5, 0.6) is 0 Å². The molecule has 106 valence electrons. The third-order valence-electron chi connectivity index (χ3n) is 3.55. The predicted octanol–water partition coefficient (Wildman–Crippen LogP) is 2.81. The van der Waals surface area contributed by atoms with Gasteiger partial charge in [0.2, 0.25) is 0 Å². The Balaban J connectivity index is 1.71. The maximum atomic E-state index is 12.2. The number of fused-ring (bicyclic) bond motifs is 1. The SMILES string of the molecule is CCc1ccc(CC(=O)Cn2cnc3ccccc32)nc1. The molecule has 0 aliphatic rings. The quantitative estimate of drug-likeness (QED) is 0.721. The van der Waals surface area contributed by atoms with Gasteiger partial charge in [-0.15, -0.1) is 0 Å². The Labute approximate surface area is 123 Å². The number of ketones is 1. The van der Waals surface area contributed by atoms with Crippen molar-refractivity contribution in [2.24, 2.45) is 0 Å². The van der Waals surface area contributed by atoms with Crippen LogP contribution in [-0.4, -0.2) is 20.3 Å². The van der Waals surface area contributed by atoms with Crippen molar-refractivity contribution >= 4 is 16.8 Å². The van der Waals surface area contributed by atoms with Gasteiger partial charge in [-0.3, -0.25) is 9.78 Å². The summed E-state index contributed by atoms with van der Waals surface area (Å²) >= 11 is 0. The number of benzene rings is 1. The molecule has 1 aromatic carbocycles. The number of aromatic nitrogens is 3. The largest absolute Gasteiger partial charge is 0.323 e. The van der Waals surface area contributed by atoms with Crippen molar-refractivity contribution in [2.75, 3.05) is 0 Å². The lowest BCUT2D eigenvalue weighted by Crippen LogP contribution is -2.12. The van der Waals surface area contributed by atoms with E-state index in [1.165, 1.54) is 5.56 Å². The smallest absolute Gasteiger partial charge is 0.158 e. The topological polar surface area (TPSA) is 47.8 Å². The lowest BCUT2D eigenvalue weighted by Gasteiger charge is -2.04. The van der Waals surface area contributed by atoms with E-state index in [9.17, 15) is 4.79 Å². The van der Waals surface area contributed by atoms with Gasteiger partial charge in [0.05, 0.1) is 30.3 Å². The van der Waals surface area contributed by atoms with Crippen LogP contribution in [0.1, 0.15) is 18.2 Å². The van der Waals surface area contributed by atoms with Crippen molar-refractivity contribution < 1.29 is 4.79 Å². The summed E-state index contributed by atoms with van der Waals surface area (Å²) in [5, 5.41) is 0. The van der Waals surface area contributed by atoms with E-state index in [0.29, 0.717) is 13.0 Å². The summed E-state index contributed by atoms with van der Waals surface area (Å²) in [5.41, 5.74) is 3.91. The first-order valence-electron chi connectivity index (χ1n) is 7.11. The van der Waals surface area contributed by atoms with Crippen LogP contribution in [0.3, 0.4) is 0 Å². The van der Waals surface area contributed by atoms with Gasteiger partial charge in [0.25, 0.3) is 0 Å². The van der Waals surface area contributed by atoms with E-state index in [2.05, 4.69) is 16.9 Å². The molecule has 4 heteroatoms. The Kier molecular flexibility index (Phi) is 3.77. The number of imidazole rings is 1. The zero-order chi connectivity index (χ0) is 14.7. The van der Waals surface area contributed by atoms with Crippen molar-refractivity contribution in [1.82, 2.24) is 14.5 Å². The van der Waals surface area contributed by atoms with Crippen LogP contribution in [-0.2, 0) is 24.2 Å². The van der Waals surface area contributed by atoms with E-state index in [-0.39, 0.29) is 5.78 Å². The second-order valence-corrected chi connectivity index (χ2v) is 5.09. The molecule has 2 aromatic heterocycles. The van der Waals surface area contributed by atoms with Crippen LogP contribution in [0.15, 0.2) is 48.9 Å². The molecule has 3 rings (SSSR count). The number of rotatable bonds is 5. The summed E-state index contributed by atoms with van der Waals surface area (Å²) in [6.45, 7) is 2.42. The summed E-state index contributed by atoms with van der Waals surface area (Å²) in [6.07, 6.45) is 4.88. The summed E-state index contributed by atoms with van der Waals surface area (Å²) in [7, 11) is 0. The molecule has 0 aliphatic carbocycles. The third kappa shape index (κ3) is 2.99. The summed E-state index contributed by atoms with van der Waals surface area (Å²) in [4.78, 5) is 20.8. The van der Waals surface area contributed by atoms with Crippen molar-refractivity contribution in [3.05, 3.63) is 60.2 Å². The third-order valence-corrected chi connectivity index (χ3v) is 3.55. The molecule has 2 heterocycles. The monoisotopic (exact) mass is 279 g/mol. The first-order valence-corrected chi connectivity index (χ1v) is 7.11. The maximum Gasteiger partial charge on any atom is 0.158 e. The van der Waals surface area contributed by atoms with Gasteiger partial charge in [0.1, 0.15) is 0 Å². The highest BCUT2D eigenvalue weighted by molar-refractivity contribution is 5.83. The zero-order valence-electron chi connectivity index (χ0n) is 12.0. The maximum absolute atomic E-state index is 12.2. The number of para-hydroxylation sites is 2. The Morgan fingerprint density at radius 2 is 2.00 bits per heavy atom. The minimum Gasteiger partial charge on any atom is -0.323 e. The van der Waals surface area contributed by atoms with E-state index in [1.807, 2.05) is 47.2 Å². The second kappa shape index (κ2) is 5.87. The van der Waals surface area contributed by atoms with Crippen LogP contribution in [0.25, 0.3) is 11.0 Å². The zero-order valence-corrected chi connectivity index (χ0v) is 12.0. The van der Waals surface area contributed by atoms with E-state index in [4.69, 9.17) is 0 Å². The highest BCUT2D eigenvalue weighted by Gasteiger charge is 2.08. The first kappa shape index (κ1) is 13.5. The average molecular weight is 279 g/mol. The van der Waals surface area contributed by atoms with E-state index >= 15 is 0 Å². The molecular weight excluding hydrogens is 262 g/mol. The Hall–Kier alpha value is -2.49. The molecule has 0 radical (unpaired) electrons. The summed E-state index contributed by atoms with van der Waals surface area (Å²) in [6, 6.07) is 11.8. The van der Waals surface area contributed by atoms with Crippen molar-refractivity contribution in [3.8, 4) is 0 Å². The van der Waals surface area contributed by atoms with Gasteiger partial charge >= 0.3 is 0 Å². The molecule has 0 fully saturated rings. The molecule has 21 heavy (non-hydrogen) atoms. The van der Waals surface area contributed by atoms with Gasteiger partial charge in [-0.05, 0) is 30.2 Å². The summed E-state index contributed by atoms with van der Waals surface area (Å²) < 4.78 is 1.89. The van der Waals surface area contributed by atoms with Gasteiger partial charge in [-0.25, -0.2) is 4.98 Å². The van der Waals surface area contributed by atoms with Gasteiger partial charge in [0, 0.05) is 11.9 Å². The number of pyridine rings is 1. The molecule has 4 nitrogen and oxygen atoms in total. The number of Topliss-reactive ketones (excluding diaryl/α,β-unsaturated/α-hetero) is 1. The van der Waals surface area contributed by atoms with Crippen molar-refractivity contribution in [1.29, 1.82) is 0 Å². The Bertz CT molecular complexity index is 759. The summed E-state index contributed by atoms with van der Waals surface area (Å²) in [5.74, 6) is 0.134. The molecule has 0 amide bonds. The van der Waals surface area contributed by atoms with E-state index in [1.54, 1.807) is 6.33 Å². The molecule has 0 N–H and O–H groups in total. The average Bonchev–Trinajstić information content (AvgIpc) is 2.91. The number of hydrogen-bond donors (Lipinski definition) is 0. The molecule has 0 aliphatic heterocycles. The predicted molar refractivity (Wildman–Crippen MR) is 82.1 cm³/mol. The molecule has 3 aromatic rings. The van der Waals surface area contributed by atoms with Gasteiger partial charge in [0.15, 0.2) is 5.78 Å². The van der Waals surface area contributed by atoms with E-state index < -0.39 is 0 Å². The highest BCUT2D eigenvalue weighted by Crippen LogP contribution is 2.12. The lowest BCUT2D eigenvalue weighted by atomic mass is 10.1. The molecule has 0 bridgehead atoms. The van der Waals surface area contributed by atoms with Crippen LogP contribution < -0.4 is 0 Å². The second-order valence-electron chi connectivity index (χ2n) is 5.09. The fourth-order valence-electron chi connectivity index (χ4n) is 2.35. The van der Waals surface area contributed by atoms with Crippen LogP contribution in [0.2, 0.25) is 0 Å². The number of carbonyl (C=O) groups excluding carboxylic acids is 1. The number of hydrogen-bond acceptors (Lipinski definition) is 3. The molecule has 0 spiro atoms. The Morgan fingerprint density at radius 3 is 2.76 bits per heavy atom. The number of nitrogens with zero attached hydrogens (tertiary/aromatic N) is 3. The molecule has 0 saturated carbocycles. The van der Waals surface area contributed by atoms with Crippen LogP contribution >= 0.6 is 0 Å². The van der Waals surface area contributed by atoms with Crippen molar-refractivity contribution in [2.45, 2.75) is 26.3 Å². The lowest BCUT2D eigenvalue weighted by molar-refractivity contribution is -0.119. The van der Waals surface area contributed by atoms with Crippen molar-refractivity contribution in [3.63, 3.8) is 0 Å². The van der Waals surface area contributed by atoms with Crippen LogP contribution in [0, 0.1) is 0 Å². The van der Waals surface area contributed by atoms with Gasteiger partial charge < -0.3 is 4.57 Å². The molecule has 0 unspecified atom stereocenters. The van der Waals surface area contributed by atoms with Gasteiger partial charge in [-0.2, -0.15) is 0 Å². The minimum absolute atomic E-state index is 0.134. The normalized spacial score (nSPS) is 10.9. The van der Waals surface area contributed by atoms with Crippen LogP contribution in [0.4, 0.5) is 0 Å². The minimum atomic E-state index is 0.134. The standard InChI is InChI=1S/C17H17N3O/c1-2-13-7-8-14(18-10-13)9-15(21)11-20-12-19-16-5-3-4-6-17(16)20/h3-8,10,12H,2,9,11H2,1H3. The molecular formula is C17H17N3O.